The number of thiazole rings is 1. The predicted octanol–water partition coefficient (Wildman–Crippen LogP) is 4.41. The van der Waals surface area contributed by atoms with Gasteiger partial charge in [0.25, 0.3) is 0 Å². The van der Waals surface area contributed by atoms with Gasteiger partial charge in [0.15, 0.2) is 0 Å². The van der Waals surface area contributed by atoms with Crippen molar-refractivity contribution in [1.82, 2.24) is 19.4 Å². The largest absolute Gasteiger partial charge is 0.338 e. The SMILES string of the molecule is CC(C)c1nccn1[C@@H](C)C(=O)N(C)Cc1csc(-c2cccs2)n1. The zero-order valence-corrected chi connectivity index (χ0v) is 16.5. The Labute approximate surface area is 156 Å². The predicted molar refractivity (Wildman–Crippen MR) is 103 cm³/mol. The highest BCUT2D eigenvalue weighted by Crippen LogP contribution is 2.28. The van der Waals surface area contributed by atoms with Crippen LogP contribution in [0.25, 0.3) is 9.88 Å². The van der Waals surface area contributed by atoms with Crippen molar-refractivity contribution in [3.05, 3.63) is 46.8 Å². The number of rotatable bonds is 6. The van der Waals surface area contributed by atoms with E-state index in [4.69, 9.17) is 0 Å². The van der Waals surface area contributed by atoms with Gasteiger partial charge in [0.2, 0.25) is 5.91 Å². The van der Waals surface area contributed by atoms with E-state index in [-0.39, 0.29) is 17.9 Å². The van der Waals surface area contributed by atoms with Crippen LogP contribution in [0.2, 0.25) is 0 Å². The minimum Gasteiger partial charge on any atom is -0.338 e. The van der Waals surface area contributed by atoms with E-state index in [1.807, 2.05) is 41.6 Å². The highest BCUT2D eigenvalue weighted by Gasteiger charge is 2.23. The molecule has 0 N–H and O–H groups in total. The lowest BCUT2D eigenvalue weighted by Crippen LogP contribution is -2.33. The Morgan fingerprint density at radius 1 is 1.32 bits per heavy atom. The Hall–Kier alpha value is -1.99. The summed E-state index contributed by atoms with van der Waals surface area (Å²) in [7, 11) is 1.83. The summed E-state index contributed by atoms with van der Waals surface area (Å²) in [5, 5.41) is 5.08. The normalized spacial score (nSPS) is 12.5. The van der Waals surface area contributed by atoms with Crippen LogP contribution in [0.3, 0.4) is 0 Å². The van der Waals surface area contributed by atoms with Crippen molar-refractivity contribution >= 4 is 28.6 Å². The quantitative estimate of drug-likeness (QED) is 0.642. The van der Waals surface area contributed by atoms with E-state index in [0.717, 1.165) is 16.5 Å². The Morgan fingerprint density at radius 2 is 2.12 bits per heavy atom. The van der Waals surface area contributed by atoms with Gasteiger partial charge in [-0.15, -0.1) is 22.7 Å². The molecule has 0 aliphatic carbocycles. The highest BCUT2D eigenvalue weighted by molar-refractivity contribution is 7.20. The number of amides is 1. The number of aromatic nitrogens is 3. The fourth-order valence-electron chi connectivity index (χ4n) is 2.75. The van der Waals surface area contributed by atoms with Gasteiger partial charge < -0.3 is 9.47 Å². The molecule has 0 aromatic carbocycles. The van der Waals surface area contributed by atoms with Crippen LogP contribution in [0, 0.1) is 0 Å². The van der Waals surface area contributed by atoms with E-state index in [0.29, 0.717) is 6.54 Å². The molecule has 0 saturated heterocycles. The van der Waals surface area contributed by atoms with Crippen LogP contribution in [-0.2, 0) is 11.3 Å². The minimum atomic E-state index is -0.277. The van der Waals surface area contributed by atoms with Gasteiger partial charge in [0.05, 0.1) is 17.1 Å². The summed E-state index contributed by atoms with van der Waals surface area (Å²) in [5.74, 6) is 1.27. The van der Waals surface area contributed by atoms with Crippen LogP contribution in [0.4, 0.5) is 0 Å². The Balaban J connectivity index is 1.69. The molecule has 5 nitrogen and oxygen atoms in total. The van der Waals surface area contributed by atoms with Gasteiger partial charge in [0.1, 0.15) is 16.9 Å². The molecular weight excluding hydrogens is 352 g/mol. The first-order valence-corrected chi connectivity index (χ1v) is 9.99. The molecule has 3 heterocycles. The number of nitrogens with zero attached hydrogens (tertiary/aromatic N) is 4. The number of carbonyl (C=O) groups is 1. The van der Waals surface area contributed by atoms with Gasteiger partial charge in [-0.2, -0.15) is 0 Å². The molecule has 1 atom stereocenters. The molecule has 3 rings (SSSR count). The van der Waals surface area contributed by atoms with Gasteiger partial charge in [-0.3, -0.25) is 4.79 Å². The maximum absolute atomic E-state index is 12.8. The molecule has 0 radical (unpaired) electrons. The third-order valence-electron chi connectivity index (χ3n) is 4.05. The van der Waals surface area contributed by atoms with Crippen molar-refractivity contribution in [2.75, 3.05) is 7.05 Å². The van der Waals surface area contributed by atoms with Gasteiger partial charge in [0, 0.05) is 30.7 Å². The van der Waals surface area contributed by atoms with Crippen molar-refractivity contribution in [1.29, 1.82) is 0 Å². The average Bonchev–Trinajstić information content (AvgIpc) is 3.32. The van der Waals surface area contributed by atoms with Gasteiger partial charge in [-0.05, 0) is 18.4 Å². The van der Waals surface area contributed by atoms with Crippen LogP contribution in [-0.4, -0.2) is 32.4 Å². The summed E-state index contributed by atoms with van der Waals surface area (Å²) in [6.07, 6.45) is 3.64. The van der Waals surface area contributed by atoms with Crippen LogP contribution in [0.15, 0.2) is 35.3 Å². The van der Waals surface area contributed by atoms with E-state index in [1.165, 1.54) is 4.88 Å². The molecule has 0 unspecified atom stereocenters. The minimum absolute atomic E-state index is 0.0607. The summed E-state index contributed by atoms with van der Waals surface area (Å²) in [4.78, 5) is 24.8. The van der Waals surface area contributed by atoms with Gasteiger partial charge in [-0.25, -0.2) is 9.97 Å². The van der Waals surface area contributed by atoms with Crippen LogP contribution in [0.1, 0.15) is 44.2 Å². The molecule has 0 fully saturated rings. The van der Waals surface area contributed by atoms with E-state index in [2.05, 4.69) is 29.9 Å². The second-order valence-electron chi connectivity index (χ2n) is 6.34. The fourth-order valence-corrected chi connectivity index (χ4v) is 4.38. The summed E-state index contributed by atoms with van der Waals surface area (Å²) < 4.78 is 1.96. The Kier molecular flexibility index (Phi) is 5.34. The van der Waals surface area contributed by atoms with E-state index in [1.54, 1.807) is 33.8 Å². The van der Waals surface area contributed by atoms with Crippen molar-refractivity contribution in [2.45, 2.75) is 39.3 Å². The molecule has 1 amide bonds. The third kappa shape index (κ3) is 3.82. The molecule has 0 aliphatic rings. The summed E-state index contributed by atoms with van der Waals surface area (Å²) in [5.41, 5.74) is 0.922. The number of likely N-dealkylation sites (N-methyl/N-ethyl adjacent to an activating group) is 1. The third-order valence-corrected chi connectivity index (χ3v) is 5.98. The van der Waals surface area contributed by atoms with Crippen LogP contribution in [0.5, 0.6) is 0 Å². The van der Waals surface area contributed by atoms with Crippen molar-refractivity contribution < 1.29 is 4.79 Å². The topological polar surface area (TPSA) is 51.0 Å². The molecule has 0 aliphatic heterocycles. The van der Waals surface area contributed by atoms with Gasteiger partial charge >= 0.3 is 0 Å². The first kappa shape index (κ1) is 17.8. The summed E-state index contributed by atoms with van der Waals surface area (Å²) in [6, 6.07) is 3.81. The van der Waals surface area contributed by atoms with Crippen molar-refractivity contribution in [3.8, 4) is 9.88 Å². The van der Waals surface area contributed by atoms with E-state index in [9.17, 15) is 4.79 Å². The molecule has 132 valence electrons. The number of hydrogen-bond acceptors (Lipinski definition) is 5. The molecule has 7 heteroatoms. The summed E-state index contributed by atoms with van der Waals surface area (Å²) in [6.45, 7) is 6.60. The number of carbonyl (C=O) groups excluding carboxylic acids is 1. The second kappa shape index (κ2) is 7.49. The highest BCUT2D eigenvalue weighted by atomic mass is 32.1. The molecule has 3 aromatic heterocycles. The lowest BCUT2D eigenvalue weighted by Gasteiger charge is -2.23. The molecule has 25 heavy (non-hydrogen) atoms. The lowest BCUT2D eigenvalue weighted by atomic mass is 10.2. The zero-order valence-electron chi connectivity index (χ0n) is 14.8. The maximum atomic E-state index is 12.8. The number of thiophene rings is 1. The van der Waals surface area contributed by atoms with Crippen LogP contribution >= 0.6 is 22.7 Å². The number of imidazole rings is 1. The first-order chi connectivity index (χ1) is 12.0. The van der Waals surface area contributed by atoms with E-state index >= 15 is 0 Å². The first-order valence-electron chi connectivity index (χ1n) is 8.23. The van der Waals surface area contributed by atoms with E-state index < -0.39 is 0 Å². The van der Waals surface area contributed by atoms with Crippen LogP contribution < -0.4 is 0 Å². The standard InChI is InChI=1S/C18H22N4OS2/c1-12(2)16-19-7-8-22(16)13(3)18(23)21(4)10-14-11-25-17(20-14)15-6-5-9-24-15/h5-9,11-13H,10H2,1-4H3/t13-/m0/s1. The fraction of sp³-hybridized carbons (Fsp3) is 0.389. The van der Waals surface area contributed by atoms with Gasteiger partial charge in [-0.1, -0.05) is 19.9 Å². The number of hydrogen-bond donors (Lipinski definition) is 0. The molecular formula is C18H22N4OS2. The molecule has 0 spiro atoms. The Bertz CT molecular complexity index is 835. The van der Waals surface area contributed by atoms with Crippen molar-refractivity contribution in [3.63, 3.8) is 0 Å². The molecule has 0 saturated carbocycles. The second-order valence-corrected chi connectivity index (χ2v) is 8.14. The zero-order chi connectivity index (χ0) is 18.0. The monoisotopic (exact) mass is 374 g/mol. The Morgan fingerprint density at radius 3 is 2.80 bits per heavy atom. The molecule has 0 bridgehead atoms. The lowest BCUT2D eigenvalue weighted by molar-refractivity contribution is -0.133. The summed E-state index contributed by atoms with van der Waals surface area (Å²) >= 11 is 3.30. The maximum Gasteiger partial charge on any atom is 0.245 e. The van der Waals surface area contributed by atoms with Crippen molar-refractivity contribution in [2.24, 2.45) is 0 Å². The smallest absolute Gasteiger partial charge is 0.245 e. The average molecular weight is 375 g/mol. The molecule has 3 aromatic rings.